The molecule has 1 amide bonds. The number of nitrogens with one attached hydrogen (secondary N) is 1. The highest BCUT2D eigenvalue weighted by molar-refractivity contribution is 5.96. The van der Waals surface area contributed by atoms with Gasteiger partial charge < -0.3 is 19.5 Å². The monoisotopic (exact) mass is 329 g/mol. The fourth-order valence-corrected chi connectivity index (χ4v) is 2.64. The molecule has 0 bridgehead atoms. The first-order valence-electron chi connectivity index (χ1n) is 7.80. The molecule has 128 valence electrons. The Morgan fingerprint density at radius 3 is 2.04 bits per heavy atom. The second kappa shape index (κ2) is 8.24. The first-order valence-corrected chi connectivity index (χ1v) is 7.80. The maximum atomic E-state index is 12.7. The zero-order valence-corrected chi connectivity index (χ0v) is 14.5. The summed E-state index contributed by atoms with van der Waals surface area (Å²) in [5, 5.41) is 2.94. The Bertz CT molecular complexity index is 660. The molecule has 2 rings (SSSR count). The van der Waals surface area contributed by atoms with Crippen LogP contribution in [0.5, 0.6) is 17.2 Å². The minimum absolute atomic E-state index is 0.0713. The van der Waals surface area contributed by atoms with Gasteiger partial charge in [0.25, 0.3) is 0 Å². The quantitative estimate of drug-likeness (QED) is 0.838. The SMILES string of the molecule is CCC(C(=O)Nc1cc(OC)c(OC)c(OC)c1)c1ccccc1. The van der Waals surface area contributed by atoms with Gasteiger partial charge in [-0.25, -0.2) is 0 Å². The number of benzene rings is 2. The van der Waals surface area contributed by atoms with E-state index in [4.69, 9.17) is 14.2 Å². The number of methoxy groups -OCH3 is 3. The smallest absolute Gasteiger partial charge is 0.231 e. The van der Waals surface area contributed by atoms with Crippen molar-refractivity contribution in [2.45, 2.75) is 19.3 Å². The van der Waals surface area contributed by atoms with Crippen LogP contribution in [0.1, 0.15) is 24.8 Å². The van der Waals surface area contributed by atoms with Gasteiger partial charge in [-0.3, -0.25) is 4.79 Å². The normalized spacial score (nSPS) is 11.5. The number of carbonyl (C=O) groups is 1. The largest absolute Gasteiger partial charge is 0.493 e. The van der Waals surface area contributed by atoms with Crippen LogP contribution in [-0.2, 0) is 4.79 Å². The minimum atomic E-state index is -0.217. The average molecular weight is 329 g/mol. The van der Waals surface area contributed by atoms with Crippen LogP contribution in [0.3, 0.4) is 0 Å². The van der Waals surface area contributed by atoms with Gasteiger partial charge in [0.2, 0.25) is 11.7 Å². The summed E-state index contributed by atoms with van der Waals surface area (Å²) < 4.78 is 15.9. The Balaban J connectivity index is 2.28. The highest BCUT2D eigenvalue weighted by Gasteiger charge is 2.20. The van der Waals surface area contributed by atoms with Crippen molar-refractivity contribution < 1.29 is 19.0 Å². The molecule has 0 saturated carbocycles. The van der Waals surface area contributed by atoms with E-state index in [9.17, 15) is 4.79 Å². The molecular formula is C19H23NO4. The molecule has 0 aromatic heterocycles. The van der Waals surface area contributed by atoms with E-state index in [0.29, 0.717) is 29.4 Å². The van der Waals surface area contributed by atoms with E-state index < -0.39 is 0 Å². The van der Waals surface area contributed by atoms with Gasteiger partial charge in [-0.1, -0.05) is 37.3 Å². The summed E-state index contributed by atoms with van der Waals surface area (Å²) in [7, 11) is 4.63. The number of rotatable bonds is 7. The molecule has 2 aromatic carbocycles. The van der Waals surface area contributed by atoms with Crippen LogP contribution in [0.4, 0.5) is 5.69 Å². The van der Waals surface area contributed by atoms with E-state index in [2.05, 4.69) is 5.32 Å². The van der Waals surface area contributed by atoms with Crippen LogP contribution in [0.25, 0.3) is 0 Å². The van der Waals surface area contributed by atoms with Crippen LogP contribution >= 0.6 is 0 Å². The lowest BCUT2D eigenvalue weighted by atomic mass is 9.95. The number of carbonyl (C=O) groups excluding carboxylic acids is 1. The Morgan fingerprint density at radius 2 is 1.58 bits per heavy atom. The molecule has 0 saturated heterocycles. The molecule has 1 unspecified atom stereocenters. The van der Waals surface area contributed by atoms with Crippen LogP contribution in [0, 0.1) is 0 Å². The minimum Gasteiger partial charge on any atom is -0.493 e. The van der Waals surface area contributed by atoms with Crippen molar-refractivity contribution in [2.75, 3.05) is 26.6 Å². The summed E-state index contributed by atoms with van der Waals surface area (Å²) in [6, 6.07) is 13.2. The summed E-state index contributed by atoms with van der Waals surface area (Å²) in [5.74, 6) is 1.20. The molecular weight excluding hydrogens is 306 g/mol. The van der Waals surface area contributed by atoms with E-state index in [0.717, 1.165) is 5.56 Å². The number of hydrogen-bond acceptors (Lipinski definition) is 4. The molecule has 0 aliphatic carbocycles. The van der Waals surface area contributed by atoms with Crippen LogP contribution in [-0.4, -0.2) is 27.2 Å². The fraction of sp³-hybridized carbons (Fsp3) is 0.316. The van der Waals surface area contributed by atoms with Gasteiger partial charge in [0.1, 0.15) is 0 Å². The summed E-state index contributed by atoms with van der Waals surface area (Å²) in [5.41, 5.74) is 1.59. The Labute approximate surface area is 142 Å². The Hall–Kier alpha value is -2.69. The number of ether oxygens (including phenoxy) is 3. The van der Waals surface area contributed by atoms with E-state index in [1.54, 1.807) is 33.5 Å². The Kier molecular flexibility index (Phi) is 6.07. The van der Waals surface area contributed by atoms with Crippen molar-refractivity contribution in [1.29, 1.82) is 0 Å². The zero-order chi connectivity index (χ0) is 17.5. The second-order valence-electron chi connectivity index (χ2n) is 5.27. The maximum absolute atomic E-state index is 12.7. The number of hydrogen-bond donors (Lipinski definition) is 1. The first-order chi connectivity index (χ1) is 11.6. The van der Waals surface area contributed by atoms with Gasteiger partial charge in [0.05, 0.1) is 27.2 Å². The third-order valence-electron chi connectivity index (χ3n) is 3.86. The van der Waals surface area contributed by atoms with Gasteiger partial charge in [-0.2, -0.15) is 0 Å². The van der Waals surface area contributed by atoms with Gasteiger partial charge in [-0.15, -0.1) is 0 Å². The van der Waals surface area contributed by atoms with Crippen molar-refractivity contribution in [3.05, 3.63) is 48.0 Å². The van der Waals surface area contributed by atoms with E-state index >= 15 is 0 Å². The topological polar surface area (TPSA) is 56.8 Å². The zero-order valence-electron chi connectivity index (χ0n) is 14.5. The highest BCUT2D eigenvalue weighted by Crippen LogP contribution is 2.40. The summed E-state index contributed by atoms with van der Waals surface area (Å²) in [6.45, 7) is 1.99. The fourth-order valence-electron chi connectivity index (χ4n) is 2.64. The molecule has 0 aliphatic heterocycles. The molecule has 5 nitrogen and oxygen atoms in total. The maximum Gasteiger partial charge on any atom is 0.231 e. The lowest BCUT2D eigenvalue weighted by molar-refractivity contribution is -0.117. The first kappa shape index (κ1) is 17.7. The lowest BCUT2D eigenvalue weighted by Crippen LogP contribution is -2.20. The molecule has 0 heterocycles. The lowest BCUT2D eigenvalue weighted by Gasteiger charge is -2.18. The molecule has 0 fully saturated rings. The molecule has 5 heteroatoms. The standard InChI is InChI=1S/C19H23NO4/c1-5-15(13-9-7-6-8-10-13)19(21)20-14-11-16(22-2)18(24-4)17(12-14)23-3/h6-12,15H,5H2,1-4H3,(H,20,21). The van der Waals surface area contributed by atoms with Gasteiger partial charge in [0.15, 0.2) is 11.5 Å². The van der Waals surface area contributed by atoms with E-state index in [1.807, 2.05) is 37.3 Å². The Morgan fingerprint density at radius 1 is 1.00 bits per heavy atom. The van der Waals surface area contributed by atoms with Crippen molar-refractivity contribution in [3.8, 4) is 17.2 Å². The third-order valence-corrected chi connectivity index (χ3v) is 3.86. The van der Waals surface area contributed by atoms with Gasteiger partial charge >= 0.3 is 0 Å². The van der Waals surface area contributed by atoms with Gasteiger partial charge in [0, 0.05) is 17.8 Å². The average Bonchev–Trinajstić information content (AvgIpc) is 2.62. The molecule has 2 aromatic rings. The molecule has 1 atom stereocenters. The van der Waals surface area contributed by atoms with Crippen LogP contribution < -0.4 is 19.5 Å². The van der Waals surface area contributed by atoms with Gasteiger partial charge in [-0.05, 0) is 12.0 Å². The molecule has 0 spiro atoms. The molecule has 1 N–H and O–H groups in total. The number of amides is 1. The third kappa shape index (κ3) is 3.79. The highest BCUT2D eigenvalue weighted by atomic mass is 16.5. The summed E-state index contributed by atoms with van der Waals surface area (Å²) in [6.07, 6.45) is 0.709. The summed E-state index contributed by atoms with van der Waals surface area (Å²) in [4.78, 5) is 12.7. The van der Waals surface area contributed by atoms with Crippen molar-refractivity contribution >= 4 is 11.6 Å². The molecule has 0 aliphatic rings. The second-order valence-corrected chi connectivity index (χ2v) is 5.27. The van der Waals surface area contributed by atoms with Crippen molar-refractivity contribution in [2.24, 2.45) is 0 Å². The van der Waals surface area contributed by atoms with Crippen LogP contribution in [0.2, 0.25) is 0 Å². The van der Waals surface area contributed by atoms with E-state index in [1.165, 1.54) is 0 Å². The van der Waals surface area contributed by atoms with Crippen molar-refractivity contribution in [3.63, 3.8) is 0 Å². The van der Waals surface area contributed by atoms with E-state index in [-0.39, 0.29) is 11.8 Å². The molecule has 24 heavy (non-hydrogen) atoms. The summed E-state index contributed by atoms with van der Waals surface area (Å²) >= 11 is 0. The predicted octanol–water partition coefficient (Wildman–Crippen LogP) is 3.84. The van der Waals surface area contributed by atoms with Crippen molar-refractivity contribution in [1.82, 2.24) is 0 Å². The van der Waals surface area contributed by atoms with Crippen LogP contribution in [0.15, 0.2) is 42.5 Å². The number of anilines is 1. The molecule has 0 radical (unpaired) electrons. The predicted molar refractivity (Wildman–Crippen MR) is 94.2 cm³/mol.